The Labute approximate surface area is 144 Å². The molecule has 0 aliphatic rings. The summed E-state index contributed by atoms with van der Waals surface area (Å²) >= 11 is 1.60. The lowest BCUT2D eigenvalue weighted by Crippen LogP contribution is -1.95. The van der Waals surface area contributed by atoms with Crippen LogP contribution in [0.4, 0.5) is 0 Å². The van der Waals surface area contributed by atoms with Crippen LogP contribution in [0, 0.1) is 11.3 Å². The average molecular weight is 336 g/mol. The third kappa shape index (κ3) is 3.42. The molecular weight excluding hydrogens is 320 g/mol. The number of aromatic nitrogens is 3. The summed E-state index contributed by atoms with van der Waals surface area (Å²) in [5.41, 5.74) is 2.75. The number of hydrogen-bond acceptors (Lipinski definition) is 5. The Morgan fingerprint density at radius 2 is 1.96 bits per heavy atom. The highest BCUT2D eigenvalue weighted by atomic mass is 32.2. The molecule has 0 aliphatic carbocycles. The van der Waals surface area contributed by atoms with Crippen molar-refractivity contribution in [2.45, 2.75) is 10.9 Å². The fourth-order valence-corrected chi connectivity index (χ4v) is 3.16. The lowest BCUT2D eigenvalue weighted by molar-refractivity contribution is 0.415. The van der Waals surface area contributed by atoms with Gasteiger partial charge in [-0.3, -0.25) is 0 Å². The topological polar surface area (TPSA) is 63.7 Å². The number of thioether (sulfide) groups is 1. The molecule has 0 saturated carbocycles. The van der Waals surface area contributed by atoms with Crippen LogP contribution in [0.25, 0.3) is 11.4 Å². The SMILES string of the molecule is COc1ccc(-c2nnc(SCc3cccc(C#N)c3)n2C)cc1. The Morgan fingerprint density at radius 3 is 2.67 bits per heavy atom. The summed E-state index contributed by atoms with van der Waals surface area (Å²) in [6.45, 7) is 0. The van der Waals surface area contributed by atoms with E-state index in [0.717, 1.165) is 33.6 Å². The lowest BCUT2D eigenvalue weighted by Gasteiger charge is -2.05. The molecule has 24 heavy (non-hydrogen) atoms. The maximum atomic E-state index is 8.97. The van der Waals surface area contributed by atoms with Gasteiger partial charge in [0.05, 0.1) is 18.7 Å². The van der Waals surface area contributed by atoms with Crippen LogP contribution < -0.4 is 4.74 Å². The highest BCUT2D eigenvalue weighted by Crippen LogP contribution is 2.26. The van der Waals surface area contributed by atoms with Gasteiger partial charge in [-0.1, -0.05) is 23.9 Å². The molecule has 0 bridgehead atoms. The average Bonchev–Trinajstić information content (AvgIpc) is 3.01. The van der Waals surface area contributed by atoms with Crippen molar-refractivity contribution in [1.29, 1.82) is 5.26 Å². The largest absolute Gasteiger partial charge is 0.497 e. The predicted octanol–water partition coefficient (Wildman–Crippen LogP) is 3.65. The second kappa shape index (κ2) is 7.20. The number of hydrogen-bond donors (Lipinski definition) is 0. The fourth-order valence-electron chi connectivity index (χ4n) is 2.31. The van der Waals surface area contributed by atoms with E-state index in [1.807, 2.05) is 54.1 Å². The van der Waals surface area contributed by atoms with Gasteiger partial charge in [0.15, 0.2) is 11.0 Å². The van der Waals surface area contributed by atoms with E-state index in [-0.39, 0.29) is 0 Å². The number of nitrogens with zero attached hydrogens (tertiary/aromatic N) is 4. The van der Waals surface area contributed by atoms with Gasteiger partial charge >= 0.3 is 0 Å². The molecule has 0 N–H and O–H groups in total. The monoisotopic (exact) mass is 336 g/mol. The van der Waals surface area contributed by atoms with Gasteiger partial charge in [-0.25, -0.2) is 0 Å². The normalized spacial score (nSPS) is 10.4. The van der Waals surface area contributed by atoms with Crippen LogP contribution in [-0.4, -0.2) is 21.9 Å². The van der Waals surface area contributed by atoms with Crippen molar-refractivity contribution in [3.05, 3.63) is 59.7 Å². The molecule has 0 aliphatic heterocycles. The molecule has 0 saturated heterocycles. The molecule has 0 amide bonds. The van der Waals surface area contributed by atoms with E-state index >= 15 is 0 Å². The Hall–Kier alpha value is -2.78. The van der Waals surface area contributed by atoms with Crippen LogP contribution >= 0.6 is 11.8 Å². The van der Waals surface area contributed by atoms with E-state index in [4.69, 9.17) is 10.00 Å². The zero-order chi connectivity index (χ0) is 16.9. The Balaban J connectivity index is 1.75. The Morgan fingerprint density at radius 1 is 1.17 bits per heavy atom. The molecular formula is C18H16N4OS. The Bertz CT molecular complexity index is 881. The van der Waals surface area contributed by atoms with Crippen molar-refractivity contribution in [3.8, 4) is 23.2 Å². The first-order valence-corrected chi connectivity index (χ1v) is 8.35. The molecule has 0 fully saturated rings. The van der Waals surface area contributed by atoms with Crippen molar-refractivity contribution < 1.29 is 4.74 Å². The lowest BCUT2D eigenvalue weighted by atomic mass is 10.2. The number of ether oxygens (including phenoxy) is 1. The van der Waals surface area contributed by atoms with Gasteiger partial charge in [0, 0.05) is 18.4 Å². The van der Waals surface area contributed by atoms with Crippen molar-refractivity contribution >= 4 is 11.8 Å². The van der Waals surface area contributed by atoms with Crippen molar-refractivity contribution in [1.82, 2.24) is 14.8 Å². The van der Waals surface area contributed by atoms with E-state index in [1.165, 1.54) is 0 Å². The highest BCUT2D eigenvalue weighted by molar-refractivity contribution is 7.98. The van der Waals surface area contributed by atoms with Crippen molar-refractivity contribution in [3.63, 3.8) is 0 Å². The first-order valence-electron chi connectivity index (χ1n) is 7.37. The van der Waals surface area contributed by atoms with Crippen molar-refractivity contribution in [2.75, 3.05) is 7.11 Å². The highest BCUT2D eigenvalue weighted by Gasteiger charge is 2.11. The van der Waals surface area contributed by atoms with Gasteiger partial charge < -0.3 is 9.30 Å². The number of methoxy groups -OCH3 is 1. The molecule has 0 atom stereocenters. The second-order valence-electron chi connectivity index (χ2n) is 5.19. The van der Waals surface area contributed by atoms with Crippen LogP contribution in [0.3, 0.4) is 0 Å². The molecule has 1 heterocycles. The minimum absolute atomic E-state index is 0.671. The molecule has 3 aromatic rings. The van der Waals surface area contributed by atoms with Crippen LogP contribution in [-0.2, 0) is 12.8 Å². The van der Waals surface area contributed by atoms with Crippen LogP contribution in [0.1, 0.15) is 11.1 Å². The van der Waals surface area contributed by atoms with Crippen LogP contribution in [0.5, 0.6) is 5.75 Å². The van der Waals surface area contributed by atoms with Gasteiger partial charge in [-0.2, -0.15) is 5.26 Å². The van der Waals surface area contributed by atoms with Crippen LogP contribution in [0.15, 0.2) is 53.7 Å². The van der Waals surface area contributed by atoms with E-state index < -0.39 is 0 Å². The van der Waals surface area contributed by atoms with Gasteiger partial charge in [-0.05, 0) is 42.0 Å². The summed E-state index contributed by atoms with van der Waals surface area (Å²) in [6, 6.07) is 17.5. The first kappa shape index (κ1) is 16.1. The van der Waals surface area contributed by atoms with Gasteiger partial charge in [-0.15, -0.1) is 10.2 Å². The maximum Gasteiger partial charge on any atom is 0.191 e. The maximum absolute atomic E-state index is 8.97. The third-order valence-electron chi connectivity index (χ3n) is 3.61. The summed E-state index contributed by atoms with van der Waals surface area (Å²) in [7, 11) is 3.60. The van der Waals surface area contributed by atoms with Gasteiger partial charge in [0.25, 0.3) is 0 Å². The summed E-state index contributed by atoms with van der Waals surface area (Å²) in [5, 5.41) is 18.4. The summed E-state index contributed by atoms with van der Waals surface area (Å²) in [6.07, 6.45) is 0. The Kier molecular flexibility index (Phi) is 4.82. The minimum atomic E-state index is 0.671. The number of nitriles is 1. The molecule has 0 radical (unpaired) electrons. The molecule has 1 aromatic heterocycles. The zero-order valence-corrected chi connectivity index (χ0v) is 14.2. The second-order valence-corrected chi connectivity index (χ2v) is 6.14. The summed E-state index contributed by atoms with van der Waals surface area (Å²) in [4.78, 5) is 0. The zero-order valence-electron chi connectivity index (χ0n) is 13.4. The van der Waals surface area contributed by atoms with Gasteiger partial charge in [0.1, 0.15) is 5.75 Å². The van der Waals surface area contributed by atoms with E-state index in [0.29, 0.717) is 5.56 Å². The van der Waals surface area contributed by atoms with Crippen molar-refractivity contribution in [2.24, 2.45) is 7.05 Å². The molecule has 2 aromatic carbocycles. The quantitative estimate of drug-likeness (QED) is 0.665. The third-order valence-corrected chi connectivity index (χ3v) is 4.70. The fraction of sp³-hybridized carbons (Fsp3) is 0.167. The summed E-state index contributed by atoms with van der Waals surface area (Å²) in [5.74, 6) is 2.36. The predicted molar refractivity (Wildman–Crippen MR) is 93.7 cm³/mol. The number of benzene rings is 2. The van der Waals surface area contributed by atoms with Gasteiger partial charge in [0.2, 0.25) is 0 Å². The molecule has 0 spiro atoms. The van der Waals surface area contributed by atoms with E-state index in [1.54, 1.807) is 24.9 Å². The minimum Gasteiger partial charge on any atom is -0.497 e. The molecule has 0 unspecified atom stereocenters. The van der Waals surface area contributed by atoms with E-state index in [9.17, 15) is 0 Å². The number of rotatable bonds is 5. The summed E-state index contributed by atoms with van der Waals surface area (Å²) < 4.78 is 7.15. The molecule has 5 nitrogen and oxygen atoms in total. The molecule has 3 rings (SSSR count). The molecule has 6 heteroatoms. The van der Waals surface area contributed by atoms with Crippen LogP contribution in [0.2, 0.25) is 0 Å². The first-order chi connectivity index (χ1) is 11.7. The smallest absolute Gasteiger partial charge is 0.191 e. The molecule has 120 valence electrons. The standard InChI is InChI=1S/C18H16N4OS/c1-22-17(15-6-8-16(23-2)9-7-15)20-21-18(22)24-12-14-5-3-4-13(10-14)11-19/h3-10H,12H2,1-2H3. The van der Waals surface area contributed by atoms with E-state index in [2.05, 4.69) is 16.3 Å².